The van der Waals surface area contributed by atoms with Crippen molar-refractivity contribution in [3.8, 4) is 5.75 Å². The Balaban J connectivity index is 1.91. The predicted octanol–water partition coefficient (Wildman–Crippen LogP) is 1.49. The van der Waals surface area contributed by atoms with Crippen LogP contribution in [-0.2, 0) is 18.4 Å². The summed E-state index contributed by atoms with van der Waals surface area (Å²) in [6.45, 7) is 2.74. The molecule has 1 aliphatic rings. The second-order valence-corrected chi connectivity index (χ2v) is 7.32. The van der Waals surface area contributed by atoms with Crippen LogP contribution in [0.1, 0.15) is 46.8 Å². The average Bonchev–Trinajstić information content (AvgIpc) is 3.09. The molecule has 2 atom stereocenters. The van der Waals surface area contributed by atoms with E-state index in [4.69, 9.17) is 0 Å². The van der Waals surface area contributed by atoms with Gasteiger partial charge in [-0.2, -0.15) is 0 Å². The number of alkyl halides is 1. The maximum absolute atomic E-state index is 13.9. The maximum Gasteiger partial charge on any atom is 0.296 e. The first-order chi connectivity index (χ1) is 14.1. The lowest BCUT2D eigenvalue weighted by atomic mass is 10.1. The number of carbonyl (C=O) groups is 2. The fourth-order valence-electron chi connectivity index (χ4n) is 3.52. The molecule has 0 radical (unpaired) electrons. The van der Waals surface area contributed by atoms with Gasteiger partial charge in [-0.3, -0.25) is 19.0 Å². The van der Waals surface area contributed by atoms with Gasteiger partial charge in [-0.1, -0.05) is 12.1 Å². The van der Waals surface area contributed by atoms with Gasteiger partial charge in [0.2, 0.25) is 11.7 Å². The number of benzene rings is 1. The Labute approximate surface area is 171 Å². The Morgan fingerprint density at radius 3 is 2.70 bits per heavy atom. The Morgan fingerprint density at radius 2 is 2.07 bits per heavy atom. The van der Waals surface area contributed by atoms with Crippen LogP contribution in [-0.4, -0.2) is 44.1 Å². The normalized spacial score (nSPS) is 18.5. The number of aromatic nitrogens is 2. The van der Waals surface area contributed by atoms with Crippen LogP contribution in [0.25, 0.3) is 0 Å². The molecule has 1 aliphatic heterocycles. The molecule has 1 saturated heterocycles. The number of nitrogens with zero attached hydrogens (tertiary/aromatic N) is 3. The molecule has 0 spiro atoms. The van der Waals surface area contributed by atoms with Crippen LogP contribution in [0.4, 0.5) is 8.78 Å². The van der Waals surface area contributed by atoms with E-state index in [1.54, 1.807) is 13.0 Å². The molecule has 2 N–H and O–H groups in total. The van der Waals surface area contributed by atoms with E-state index in [-0.39, 0.29) is 37.1 Å². The van der Waals surface area contributed by atoms with Crippen LogP contribution in [0.2, 0.25) is 0 Å². The number of amides is 2. The number of hydrogen-bond acceptors (Lipinski definition) is 5. The monoisotopic (exact) mass is 420 g/mol. The zero-order valence-corrected chi connectivity index (χ0v) is 16.8. The lowest BCUT2D eigenvalue weighted by molar-refractivity contribution is -0.130. The molecule has 8 nitrogen and oxygen atoms in total. The van der Waals surface area contributed by atoms with E-state index < -0.39 is 35.1 Å². The molecular weight excluding hydrogens is 398 g/mol. The number of halogens is 2. The van der Waals surface area contributed by atoms with Crippen molar-refractivity contribution in [2.45, 2.75) is 39.0 Å². The summed E-state index contributed by atoms with van der Waals surface area (Å²) in [4.78, 5) is 42.2. The highest BCUT2D eigenvalue weighted by Gasteiger charge is 2.38. The highest BCUT2D eigenvalue weighted by molar-refractivity contribution is 5.94. The first-order valence-corrected chi connectivity index (χ1v) is 9.34. The van der Waals surface area contributed by atoms with E-state index in [1.807, 2.05) is 0 Å². The lowest BCUT2D eigenvalue weighted by Gasteiger charge is -2.24. The summed E-state index contributed by atoms with van der Waals surface area (Å²) in [5.41, 5.74) is -0.374. The molecule has 2 aromatic rings. The molecule has 10 heteroatoms. The van der Waals surface area contributed by atoms with E-state index in [0.717, 1.165) is 4.57 Å². The van der Waals surface area contributed by atoms with Gasteiger partial charge in [0.1, 0.15) is 17.8 Å². The van der Waals surface area contributed by atoms with Gasteiger partial charge in [0, 0.05) is 26.9 Å². The van der Waals surface area contributed by atoms with Crippen LogP contribution < -0.4 is 10.9 Å². The molecule has 30 heavy (non-hydrogen) atoms. The summed E-state index contributed by atoms with van der Waals surface area (Å²) in [6, 6.07) is 3.49. The van der Waals surface area contributed by atoms with Gasteiger partial charge in [-0.15, -0.1) is 0 Å². The summed E-state index contributed by atoms with van der Waals surface area (Å²) in [7, 11) is 1.33. The van der Waals surface area contributed by atoms with Gasteiger partial charge >= 0.3 is 0 Å². The zero-order chi connectivity index (χ0) is 22.2. The molecule has 1 aromatic heterocycles. The van der Waals surface area contributed by atoms with E-state index in [2.05, 4.69) is 10.3 Å². The second kappa shape index (κ2) is 8.21. The number of aryl methyl sites for hydroxylation is 1. The van der Waals surface area contributed by atoms with Gasteiger partial charge in [0.25, 0.3) is 11.5 Å². The molecule has 1 aromatic carbocycles. The summed E-state index contributed by atoms with van der Waals surface area (Å²) in [6.07, 6.45) is -1.36. The Hall–Kier alpha value is -3.30. The van der Waals surface area contributed by atoms with Crippen molar-refractivity contribution < 1.29 is 23.5 Å². The quantitative estimate of drug-likeness (QED) is 0.780. The SMILES string of the molecule is CC(=O)N1C[C@@H](F)C[C@H]1c1nc(C(=O)NCc2ccc(F)c(C)c2)c(O)c(=O)n1C. The van der Waals surface area contributed by atoms with Crippen LogP contribution in [0.15, 0.2) is 23.0 Å². The maximum atomic E-state index is 13.9. The van der Waals surface area contributed by atoms with Crippen molar-refractivity contribution in [2.24, 2.45) is 7.05 Å². The smallest absolute Gasteiger partial charge is 0.296 e. The largest absolute Gasteiger partial charge is 0.501 e. The number of likely N-dealkylation sites (tertiary alicyclic amines) is 1. The summed E-state index contributed by atoms with van der Waals surface area (Å²) < 4.78 is 28.3. The summed E-state index contributed by atoms with van der Waals surface area (Å²) in [5.74, 6) is -2.43. The first kappa shape index (κ1) is 21.4. The van der Waals surface area contributed by atoms with Crippen molar-refractivity contribution in [3.05, 3.63) is 57.0 Å². The zero-order valence-electron chi connectivity index (χ0n) is 16.8. The highest BCUT2D eigenvalue weighted by atomic mass is 19.1. The van der Waals surface area contributed by atoms with Crippen molar-refractivity contribution in [2.75, 3.05) is 6.54 Å². The minimum Gasteiger partial charge on any atom is -0.501 e. The number of aromatic hydroxyl groups is 1. The summed E-state index contributed by atoms with van der Waals surface area (Å²) >= 11 is 0. The van der Waals surface area contributed by atoms with Crippen LogP contribution >= 0.6 is 0 Å². The van der Waals surface area contributed by atoms with Gasteiger partial charge in [-0.25, -0.2) is 13.8 Å². The number of rotatable bonds is 4. The first-order valence-electron chi connectivity index (χ1n) is 9.34. The van der Waals surface area contributed by atoms with Gasteiger partial charge in [0.15, 0.2) is 5.69 Å². The van der Waals surface area contributed by atoms with Gasteiger partial charge in [-0.05, 0) is 24.1 Å². The van der Waals surface area contributed by atoms with E-state index in [0.29, 0.717) is 11.1 Å². The fourth-order valence-corrected chi connectivity index (χ4v) is 3.52. The minimum absolute atomic E-state index is 0.0101. The number of nitrogens with one attached hydrogen (secondary N) is 1. The molecular formula is C20H22F2N4O4. The van der Waals surface area contributed by atoms with Crippen LogP contribution in [0.5, 0.6) is 5.75 Å². The summed E-state index contributed by atoms with van der Waals surface area (Å²) in [5, 5.41) is 12.7. The average molecular weight is 420 g/mol. The lowest BCUT2D eigenvalue weighted by Crippen LogP contribution is -2.35. The molecule has 2 amide bonds. The van der Waals surface area contributed by atoms with Crippen molar-refractivity contribution >= 4 is 11.8 Å². The molecule has 0 saturated carbocycles. The Bertz CT molecular complexity index is 1070. The molecule has 0 bridgehead atoms. The predicted molar refractivity (Wildman–Crippen MR) is 103 cm³/mol. The van der Waals surface area contributed by atoms with Crippen molar-refractivity contribution in [1.82, 2.24) is 19.8 Å². The molecule has 1 fully saturated rings. The molecule has 3 rings (SSSR count). The Morgan fingerprint density at radius 1 is 1.37 bits per heavy atom. The molecule has 0 unspecified atom stereocenters. The van der Waals surface area contributed by atoms with Gasteiger partial charge in [0.05, 0.1) is 12.6 Å². The fraction of sp³-hybridized carbons (Fsp3) is 0.400. The topological polar surface area (TPSA) is 105 Å². The van der Waals surface area contributed by atoms with Crippen LogP contribution in [0, 0.1) is 12.7 Å². The van der Waals surface area contributed by atoms with Crippen molar-refractivity contribution in [3.63, 3.8) is 0 Å². The third-order valence-corrected chi connectivity index (χ3v) is 5.14. The Kier molecular flexibility index (Phi) is 5.86. The molecule has 0 aliphatic carbocycles. The molecule has 2 heterocycles. The van der Waals surface area contributed by atoms with E-state index >= 15 is 0 Å². The van der Waals surface area contributed by atoms with Crippen molar-refractivity contribution in [1.29, 1.82) is 0 Å². The van der Waals surface area contributed by atoms with E-state index in [1.165, 1.54) is 31.0 Å². The number of carbonyl (C=O) groups excluding carboxylic acids is 2. The minimum atomic E-state index is -1.29. The van der Waals surface area contributed by atoms with Crippen LogP contribution in [0.3, 0.4) is 0 Å². The second-order valence-electron chi connectivity index (χ2n) is 7.32. The highest BCUT2D eigenvalue weighted by Crippen LogP contribution is 2.32. The third-order valence-electron chi connectivity index (χ3n) is 5.14. The standard InChI is InChI=1S/C20H22F2N4O4/c1-10-6-12(4-5-14(10)22)8-23-19(29)16-17(28)20(30)25(3)18(24-16)15-7-13(21)9-26(15)11(2)27/h4-6,13,15,28H,7-9H2,1-3H3,(H,23,29)/t13-,15-/m0/s1. The third kappa shape index (κ3) is 4.03. The molecule has 160 valence electrons. The van der Waals surface area contributed by atoms with E-state index in [9.17, 15) is 28.3 Å². The van der Waals surface area contributed by atoms with Gasteiger partial charge < -0.3 is 15.3 Å². The number of hydrogen-bond donors (Lipinski definition) is 2.